The molecular formula is C26H30BrClN6O2S. The molecule has 0 unspecified atom stereocenters. The first-order valence-electron chi connectivity index (χ1n) is 11.9. The van der Waals surface area contributed by atoms with E-state index in [9.17, 15) is 8.42 Å². The third-order valence-corrected chi connectivity index (χ3v) is 9.19. The lowest BCUT2D eigenvalue weighted by Crippen LogP contribution is -2.44. The van der Waals surface area contributed by atoms with Crippen LogP contribution in [0, 0.1) is 0 Å². The van der Waals surface area contributed by atoms with Crippen LogP contribution < -0.4 is 15.5 Å². The summed E-state index contributed by atoms with van der Waals surface area (Å²) in [6, 6.07) is 11.0. The van der Waals surface area contributed by atoms with Gasteiger partial charge in [0.15, 0.2) is 15.7 Å². The van der Waals surface area contributed by atoms with Crippen LogP contribution >= 0.6 is 27.5 Å². The highest BCUT2D eigenvalue weighted by Gasteiger charge is 2.24. The molecule has 0 aliphatic carbocycles. The maximum absolute atomic E-state index is 12.9. The largest absolute Gasteiger partial charge is 0.368 e. The van der Waals surface area contributed by atoms with Crippen molar-refractivity contribution in [1.82, 2.24) is 14.9 Å². The Morgan fingerprint density at radius 2 is 1.84 bits per heavy atom. The minimum atomic E-state index is -3.54. The zero-order chi connectivity index (χ0) is 26.7. The van der Waals surface area contributed by atoms with E-state index in [1.807, 2.05) is 18.2 Å². The van der Waals surface area contributed by atoms with Crippen molar-refractivity contribution in [3.63, 3.8) is 0 Å². The van der Waals surface area contributed by atoms with E-state index in [4.69, 9.17) is 11.6 Å². The summed E-state index contributed by atoms with van der Waals surface area (Å²) < 4.78 is 26.6. The van der Waals surface area contributed by atoms with Gasteiger partial charge in [-0.25, -0.2) is 13.4 Å². The highest BCUT2D eigenvalue weighted by molar-refractivity contribution is 9.10. The molecule has 2 aromatic carbocycles. The molecule has 1 aromatic heterocycles. The Labute approximate surface area is 231 Å². The van der Waals surface area contributed by atoms with E-state index in [0.29, 0.717) is 11.6 Å². The van der Waals surface area contributed by atoms with E-state index in [0.717, 1.165) is 47.6 Å². The van der Waals surface area contributed by atoms with Gasteiger partial charge in [0.05, 0.1) is 22.0 Å². The fraction of sp³-hybridized carbons (Fsp3) is 0.308. The fourth-order valence-electron chi connectivity index (χ4n) is 4.00. The van der Waals surface area contributed by atoms with Crippen LogP contribution in [0.4, 0.5) is 28.8 Å². The molecule has 8 nitrogen and oxygen atoms in total. The summed E-state index contributed by atoms with van der Waals surface area (Å²) in [5.74, 6) is 0.605. The first-order chi connectivity index (χ1) is 17.6. The van der Waals surface area contributed by atoms with Crippen LogP contribution in [0.2, 0.25) is 5.02 Å². The van der Waals surface area contributed by atoms with Crippen molar-refractivity contribution in [3.8, 4) is 0 Å². The van der Waals surface area contributed by atoms with Gasteiger partial charge in [-0.1, -0.05) is 40.2 Å². The van der Waals surface area contributed by atoms with E-state index < -0.39 is 15.1 Å². The lowest BCUT2D eigenvalue weighted by atomic mass is 10.1. The van der Waals surface area contributed by atoms with Crippen molar-refractivity contribution in [2.24, 2.45) is 0 Å². The Balaban J connectivity index is 1.60. The molecule has 1 aliphatic heterocycles. The second kappa shape index (κ2) is 11.4. The standard InChI is InChI=1S/C26H30BrClN6O2S/c1-5-18-14-20(7-8-23(18)34-12-10-33(4)11-13-34)30-26-29-16-21(28)25(32-26)31-22-15-19(27)6-9-24(22)37(35,36)17(2)3/h5-9,14-17H,1,10-13H2,2-4H3,(H2,29,30,31,32). The Hall–Kier alpha value is -2.66. The summed E-state index contributed by atoms with van der Waals surface area (Å²) in [6.45, 7) is 11.2. The molecule has 0 bridgehead atoms. The van der Waals surface area contributed by atoms with Crippen LogP contribution in [0.15, 0.2) is 58.5 Å². The summed E-state index contributed by atoms with van der Waals surface area (Å²) in [5, 5.41) is 5.99. The van der Waals surface area contributed by atoms with Crippen LogP contribution in [0.25, 0.3) is 6.08 Å². The van der Waals surface area contributed by atoms with E-state index in [-0.39, 0.29) is 15.7 Å². The molecule has 196 valence electrons. The third-order valence-electron chi connectivity index (χ3n) is 6.21. The predicted octanol–water partition coefficient (Wildman–Crippen LogP) is 5.96. The average molecular weight is 606 g/mol. The number of halogens is 2. The molecule has 0 amide bonds. The SMILES string of the molecule is C=Cc1cc(Nc2ncc(Cl)c(Nc3cc(Br)ccc3S(=O)(=O)C(C)C)n2)ccc1N1CCN(C)CC1. The molecule has 2 N–H and O–H groups in total. The number of benzene rings is 2. The topological polar surface area (TPSA) is 90.5 Å². The minimum Gasteiger partial charge on any atom is -0.368 e. The zero-order valence-electron chi connectivity index (χ0n) is 21.0. The average Bonchev–Trinajstić information content (AvgIpc) is 2.86. The Morgan fingerprint density at radius 1 is 1.11 bits per heavy atom. The predicted molar refractivity (Wildman–Crippen MR) is 156 cm³/mol. The van der Waals surface area contributed by atoms with Gasteiger partial charge in [-0.05, 0) is 62.9 Å². The number of nitrogens with zero attached hydrogens (tertiary/aromatic N) is 4. The molecule has 1 saturated heterocycles. The van der Waals surface area contributed by atoms with Crippen LogP contribution in [0.5, 0.6) is 0 Å². The van der Waals surface area contributed by atoms with Crippen molar-refractivity contribution in [2.75, 3.05) is 48.8 Å². The first-order valence-corrected chi connectivity index (χ1v) is 14.6. The number of sulfone groups is 1. The molecule has 1 fully saturated rings. The lowest BCUT2D eigenvalue weighted by molar-refractivity contribution is 0.313. The number of anilines is 5. The summed E-state index contributed by atoms with van der Waals surface area (Å²) in [7, 11) is -1.41. The maximum atomic E-state index is 12.9. The van der Waals surface area contributed by atoms with E-state index in [1.54, 1.807) is 32.0 Å². The molecule has 3 aromatic rings. The number of nitrogens with one attached hydrogen (secondary N) is 2. The van der Waals surface area contributed by atoms with Gasteiger partial charge in [0.2, 0.25) is 5.95 Å². The van der Waals surface area contributed by atoms with Crippen molar-refractivity contribution >= 4 is 72.3 Å². The molecule has 1 aliphatic rings. The number of aromatic nitrogens is 2. The molecular weight excluding hydrogens is 576 g/mol. The van der Waals surface area contributed by atoms with Crippen LogP contribution in [0.3, 0.4) is 0 Å². The van der Waals surface area contributed by atoms with Crippen molar-refractivity contribution in [2.45, 2.75) is 24.0 Å². The molecule has 11 heteroatoms. The zero-order valence-corrected chi connectivity index (χ0v) is 24.2. The number of likely N-dealkylation sites (N-methyl/N-ethyl adjacent to an activating group) is 1. The summed E-state index contributed by atoms with van der Waals surface area (Å²) in [5.41, 5.74) is 3.33. The van der Waals surface area contributed by atoms with Gasteiger partial charge in [0, 0.05) is 42.0 Å². The van der Waals surface area contributed by atoms with Crippen LogP contribution in [-0.4, -0.2) is 61.8 Å². The van der Waals surface area contributed by atoms with Crippen LogP contribution in [0.1, 0.15) is 19.4 Å². The van der Waals surface area contributed by atoms with Gasteiger partial charge in [0.25, 0.3) is 0 Å². The molecule has 0 atom stereocenters. The normalized spacial score (nSPS) is 14.6. The van der Waals surface area contributed by atoms with E-state index in [2.05, 4.69) is 66.0 Å². The van der Waals surface area contributed by atoms with E-state index >= 15 is 0 Å². The first kappa shape index (κ1) is 27.4. The quantitative estimate of drug-likeness (QED) is 0.325. The van der Waals surface area contributed by atoms with Crippen LogP contribution in [-0.2, 0) is 9.84 Å². The third kappa shape index (κ3) is 6.26. The number of rotatable bonds is 8. The molecule has 0 radical (unpaired) electrons. The summed E-state index contributed by atoms with van der Waals surface area (Å²) >= 11 is 9.80. The van der Waals surface area contributed by atoms with Gasteiger partial charge >= 0.3 is 0 Å². The molecule has 2 heterocycles. The maximum Gasteiger partial charge on any atom is 0.229 e. The molecule has 37 heavy (non-hydrogen) atoms. The van der Waals surface area contributed by atoms with Gasteiger partial charge in [-0.2, -0.15) is 4.98 Å². The van der Waals surface area contributed by atoms with Gasteiger partial charge in [-0.15, -0.1) is 0 Å². The molecule has 0 saturated carbocycles. The van der Waals surface area contributed by atoms with Crippen molar-refractivity contribution < 1.29 is 8.42 Å². The smallest absolute Gasteiger partial charge is 0.229 e. The summed E-state index contributed by atoms with van der Waals surface area (Å²) in [6.07, 6.45) is 3.32. The Morgan fingerprint density at radius 3 is 2.51 bits per heavy atom. The van der Waals surface area contributed by atoms with E-state index in [1.165, 1.54) is 6.20 Å². The van der Waals surface area contributed by atoms with Gasteiger partial charge in [0.1, 0.15) is 5.02 Å². The van der Waals surface area contributed by atoms with Crippen molar-refractivity contribution in [3.05, 3.63) is 64.2 Å². The number of hydrogen-bond acceptors (Lipinski definition) is 8. The lowest BCUT2D eigenvalue weighted by Gasteiger charge is -2.35. The highest BCUT2D eigenvalue weighted by atomic mass is 79.9. The van der Waals surface area contributed by atoms with Gasteiger partial charge in [-0.3, -0.25) is 0 Å². The minimum absolute atomic E-state index is 0.171. The number of piperazine rings is 1. The van der Waals surface area contributed by atoms with Crippen molar-refractivity contribution in [1.29, 1.82) is 0 Å². The Kier molecular flexibility index (Phi) is 8.42. The Bertz CT molecular complexity index is 1410. The fourth-order valence-corrected chi connectivity index (χ4v) is 5.69. The molecule has 4 rings (SSSR count). The monoisotopic (exact) mass is 604 g/mol. The number of hydrogen-bond donors (Lipinski definition) is 2. The second-order valence-corrected chi connectivity index (χ2v) is 12.9. The van der Waals surface area contributed by atoms with Gasteiger partial charge < -0.3 is 20.4 Å². The highest BCUT2D eigenvalue weighted by Crippen LogP contribution is 2.33. The molecule has 0 spiro atoms. The second-order valence-electron chi connectivity index (χ2n) is 9.14. The summed E-state index contributed by atoms with van der Waals surface area (Å²) in [4.78, 5) is 13.7.